The monoisotopic (exact) mass is 182 g/mol. The highest BCUT2D eigenvalue weighted by Gasteiger charge is 2.17. The number of amides is 1. The Labute approximate surface area is 77.5 Å². The molecule has 0 atom stereocenters. The third-order valence-electron chi connectivity index (χ3n) is 2.03. The number of aryl methyl sites for hydroxylation is 1. The summed E-state index contributed by atoms with van der Waals surface area (Å²) in [5.41, 5.74) is 0.559. The topological polar surface area (TPSA) is 46.3 Å². The van der Waals surface area contributed by atoms with E-state index in [0.717, 1.165) is 0 Å². The standard InChI is InChI=1S/C9H14N2O2/c1-4-11(5-2)9(12)8-6-10-13-7(8)3/h6H,4-5H2,1-3H3. The van der Waals surface area contributed by atoms with Crippen molar-refractivity contribution in [1.29, 1.82) is 0 Å². The second-order valence-corrected chi connectivity index (χ2v) is 2.77. The van der Waals surface area contributed by atoms with E-state index in [4.69, 9.17) is 4.52 Å². The Morgan fingerprint density at radius 3 is 2.54 bits per heavy atom. The molecule has 0 aliphatic rings. The van der Waals surface area contributed by atoms with Gasteiger partial charge in [0.15, 0.2) is 0 Å². The van der Waals surface area contributed by atoms with Gasteiger partial charge in [0.2, 0.25) is 0 Å². The first-order valence-corrected chi connectivity index (χ1v) is 4.41. The lowest BCUT2D eigenvalue weighted by atomic mass is 10.2. The van der Waals surface area contributed by atoms with Gasteiger partial charge >= 0.3 is 0 Å². The van der Waals surface area contributed by atoms with E-state index in [1.807, 2.05) is 13.8 Å². The summed E-state index contributed by atoms with van der Waals surface area (Å²) in [6.45, 7) is 7.05. The number of hydrogen-bond acceptors (Lipinski definition) is 3. The van der Waals surface area contributed by atoms with Crippen LogP contribution in [0.1, 0.15) is 30.0 Å². The van der Waals surface area contributed by atoms with Gasteiger partial charge in [-0.15, -0.1) is 0 Å². The zero-order chi connectivity index (χ0) is 9.84. The lowest BCUT2D eigenvalue weighted by Gasteiger charge is -2.17. The van der Waals surface area contributed by atoms with Crippen LogP contribution >= 0.6 is 0 Å². The first kappa shape index (κ1) is 9.77. The summed E-state index contributed by atoms with van der Waals surface area (Å²) in [7, 11) is 0. The molecular weight excluding hydrogens is 168 g/mol. The first-order valence-electron chi connectivity index (χ1n) is 4.41. The molecule has 1 aromatic heterocycles. The molecule has 4 nitrogen and oxygen atoms in total. The Hall–Kier alpha value is -1.32. The second kappa shape index (κ2) is 4.07. The van der Waals surface area contributed by atoms with Crippen molar-refractivity contribution in [2.75, 3.05) is 13.1 Å². The van der Waals surface area contributed by atoms with E-state index in [1.54, 1.807) is 11.8 Å². The predicted molar refractivity (Wildman–Crippen MR) is 48.5 cm³/mol. The molecule has 0 unspecified atom stereocenters. The molecule has 1 heterocycles. The minimum atomic E-state index is -0.0104. The Bertz CT molecular complexity index is 290. The van der Waals surface area contributed by atoms with Crippen molar-refractivity contribution in [2.24, 2.45) is 0 Å². The SMILES string of the molecule is CCN(CC)C(=O)c1cnoc1C. The van der Waals surface area contributed by atoms with Gasteiger partial charge in [0, 0.05) is 13.1 Å². The van der Waals surface area contributed by atoms with Crippen LogP contribution in [0, 0.1) is 6.92 Å². The molecule has 0 aliphatic carbocycles. The highest BCUT2D eigenvalue weighted by Crippen LogP contribution is 2.09. The molecule has 1 amide bonds. The number of nitrogens with zero attached hydrogens (tertiary/aromatic N) is 2. The zero-order valence-electron chi connectivity index (χ0n) is 8.20. The maximum atomic E-state index is 11.7. The Morgan fingerprint density at radius 2 is 2.15 bits per heavy atom. The summed E-state index contributed by atoms with van der Waals surface area (Å²) in [6, 6.07) is 0. The van der Waals surface area contributed by atoms with E-state index in [9.17, 15) is 4.79 Å². The van der Waals surface area contributed by atoms with Crippen LogP contribution in [0.2, 0.25) is 0 Å². The van der Waals surface area contributed by atoms with Gasteiger partial charge < -0.3 is 9.42 Å². The minimum absolute atomic E-state index is 0.0104. The minimum Gasteiger partial charge on any atom is -0.361 e. The van der Waals surface area contributed by atoms with Crippen LogP contribution in [0.4, 0.5) is 0 Å². The van der Waals surface area contributed by atoms with Gasteiger partial charge in [0.25, 0.3) is 5.91 Å². The highest BCUT2D eigenvalue weighted by atomic mass is 16.5. The summed E-state index contributed by atoms with van der Waals surface area (Å²) in [6.07, 6.45) is 1.47. The van der Waals surface area contributed by atoms with Crippen LogP contribution in [0.3, 0.4) is 0 Å². The molecule has 0 saturated carbocycles. The summed E-state index contributed by atoms with van der Waals surface area (Å²) in [4.78, 5) is 13.5. The van der Waals surface area contributed by atoms with Crippen LogP contribution in [-0.2, 0) is 0 Å². The fraction of sp³-hybridized carbons (Fsp3) is 0.556. The smallest absolute Gasteiger partial charge is 0.259 e. The van der Waals surface area contributed by atoms with Gasteiger partial charge in [-0.25, -0.2) is 0 Å². The van der Waals surface area contributed by atoms with Crippen molar-refractivity contribution in [3.05, 3.63) is 17.5 Å². The highest BCUT2D eigenvalue weighted by molar-refractivity contribution is 5.94. The zero-order valence-corrected chi connectivity index (χ0v) is 8.20. The maximum absolute atomic E-state index is 11.7. The van der Waals surface area contributed by atoms with Crippen molar-refractivity contribution in [3.63, 3.8) is 0 Å². The van der Waals surface area contributed by atoms with Crippen LogP contribution in [0.15, 0.2) is 10.7 Å². The third kappa shape index (κ3) is 1.88. The van der Waals surface area contributed by atoms with Crippen LogP contribution < -0.4 is 0 Å². The fourth-order valence-corrected chi connectivity index (χ4v) is 1.19. The van der Waals surface area contributed by atoms with Crippen molar-refractivity contribution < 1.29 is 9.32 Å². The van der Waals surface area contributed by atoms with Gasteiger partial charge in [0.05, 0.1) is 6.20 Å². The molecule has 1 rings (SSSR count). The van der Waals surface area contributed by atoms with Gasteiger partial charge in [-0.3, -0.25) is 4.79 Å². The van der Waals surface area contributed by atoms with Crippen LogP contribution in [0.25, 0.3) is 0 Å². The van der Waals surface area contributed by atoms with Crippen LogP contribution in [-0.4, -0.2) is 29.1 Å². The van der Waals surface area contributed by atoms with E-state index in [-0.39, 0.29) is 5.91 Å². The summed E-state index contributed by atoms with van der Waals surface area (Å²) >= 11 is 0. The number of carbonyl (C=O) groups excluding carboxylic acids is 1. The third-order valence-corrected chi connectivity index (χ3v) is 2.03. The molecule has 0 fully saturated rings. The molecule has 0 radical (unpaired) electrons. The maximum Gasteiger partial charge on any atom is 0.259 e. The molecule has 0 aromatic carbocycles. The normalized spacial score (nSPS) is 10.1. The van der Waals surface area contributed by atoms with Crippen molar-refractivity contribution in [2.45, 2.75) is 20.8 Å². The van der Waals surface area contributed by atoms with E-state index >= 15 is 0 Å². The average Bonchev–Trinajstić information content (AvgIpc) is 2.53. The average molecular weight is 182 g/mol. The fourth-order valence-electron chi connectivity index (χ4n) is 1.19. The first-order chi connectivity index (χ1) is 6.20. The van der Waals surface area contributed by atoms with E-state index < -0.39 is 0 Å². The number of hydrogen-bond donors (Lipinski definition) is 0. The van der Waals surface area contributed by atoms with Gasteiger partial charge in [-0.1, -0.05) is 5.16 Å². The Kier molecular flexibility index (Phi) is 3.06. The van der Waals surface area contributed by atoms with Crippen molar-refractivity contribution >= 4 is 5.91 Å². The summed E-state index contributed by atoms with van der Waals surface area (Å²) < 4.78 is 4.83. The molecule has 0 saturated heterocycles. The lowest BCUT2D eigenvalue weighted by molar-refractivity contribution is 0.0771. The molecule has 0 spiro atoms. The number of rotatable bonds is 3. The second-order valence-electron chi connectivity index (χ2n) is 2.77. The largest absolute Gasteiger partial charge is 0.361 e. The lowest BCUT2D eigenvalue weighted by Crippen LogP contribution is -2.30. The molecule has 0 N–H and O–H groups in total. The van der Waals surface area contributed by atoms with E-state index in [1.165, 1.54) is 6.20 Å². The molecule has 4 heteroatoms. The van der Waals surface area contributed by atoms with Gasteiger partial charge in [-0.2, -0.15) is 0 Å². The van der Waals surface area contributed by atoms with Crippen molar-refractivity contribution in [3.8, 4) is 0 Å². The molecule has 72 valence electrons. The Balaban J connectivity index is 2.84. The van der Waals surface area contributed by atoms with E-state index in [2.05, 4.69) is 5.16 Å². The van der Waals surface area contributed by atoms with Crippen LogP contribution in [0.5, 0.6) is 0 Å². The van der Waals surface area contributed by atoms with Gasteiger partial charge in [0.1, 0.15) is 11.3 Å². The molecule has 13 heavy (non-hydrogen) atoms. The number of carbonyl (C=O) groups is 1. The number of aromatic nitrogens is 1. The predicted octanol–water partition coefficient (Wildman–Crippen LogP) is 1.47. The van der Waals surface area contributed by atoms with Gasteiger partial charge in [-0.05, 0) is 20.8 Å². The quantitative estimate of drug-likeness (QED) is 0.711. The molecule has 1 aromatic rings. The summed E-state index contributed by atoms with van der Waals surface area (Å²) in [5, 5.41) is 3.57. The van der Waals surface area contributed by atoms with Crippen molar-refractivity contribution in [1.82, 2.24) is 10.1 Å². The Morgan fingerprint density at radius 1 is 1.54 bits per heavy atom. The molecule has 0 aliphatic heterocycles. The summed E-state index contributed by atoms with van der Waals surface area (Å²) in [5.74, 6) is 0.570. The van der Waals surface area contributed by atoms with E-state index in [0.29, 0.717) is 24.4 Å². The molecular formula is C9H14N2O2. The molecule has 0 bridgehead atoms.